The number of hydrazone groups is 1. The molecule has 2 N–H and O–H groups in total. The average Bonchev–Trinajstić information content (AvgIpc) is 2.71. The number of anilines is 1. The van der Waals surface area contributed by atoms with E-state index in [1.807, 2.05) is 0 Å². The Morgan fingerprint density at radius 1 is 1.16 bits per heavy atom. The Labute approximate surface area is 195 Å². The van der Waals surface area contributed by atoms with E-state index in [9.17, 15) is 19.7 Å². The Balaban J connectivity index is 2.11. The molecule has 2 amide bonds. The molecule has 2 aromatic rings. The summed E-state index contributed by atoms with van der Waals surface area (Å²) in [5.74, 6) is -1.32. The fourth-order valence-corrected chi connectivity index (χ4v) is 3.31. The van der Waals surface area contributed by atoms with Gasteiger partial charge in [0.25, 0.3) is 17.5 Å². The maximum atomic E-state index is 12.6. The van der Waals surface area contributed by atoms with Crippen molar-refractivity contribution < 1.29 is 14.5 Å². The van der Waals surface area contributed by atoms with Crippen LogP contribution in [0.25, 0.3) is 0 Å². The highest BCUT2D eigenvalue weighted by Gasteiger charge is 2.25. The van der Waals surface area contributed by atoms with Gasteiger partial charge in [-0.15, -0.1) is 0 Å². The van der Waals surface area contributed by atoms with Gasteiger partial charge in [0, 0.05) is 30.7 Å². The van der Waals surface area contributed by atoms with Crippen LogP contribution in [0.2, 0.25) is 10.0 Å². The van der Waals surface area contributed by atoms with Crippen LogP contribution in [0, 0.1) is 16.0 Å². The summed E-state index contributed by atoms with van der Waals surface area (Å²) in [4.78, 5) is 37.6. The van der Waals surface area contributed by atoms with Crippen molar-refractivity contribution in [3.05, 3.63) is 67.7 Å². The number of amides is 2. The second-order valence-electron chi connectivity index (χ2n) is 7.45. The first-order valence-electron chi connectivity index (χ1n) is 9.55. The molecule has 0 heterocycles. The van der Waals surface area contributed by atoms with Crippen molar-refractivity contribution in [2.45, 2.75) is 19.9 Å². The summed E-state index contributed by atoms with van der Waals surface area (Å²) >= 11 is 11.9. The van der Waals surface area contributed by atoms with Crippen LogP contribution in [-0.4, -0.2) is 43.1 Å². The summed E-state index contributed by atoms with van der Waals surface area (Å²) in [7, 11) is 3.40. The van der Waals surface area contributed by atoms with Gasteiger partial charge < -0.3 is 10.2 Å². The standard InChI is InChI=1S/C21H23Cl2N5O4/c1-12(2)19(25-20(29)15-7-6-14(22)10-16(15)23)21(30)26-24-11-13-5-8-17(27(3)4)18(9-13)28(31)32/h5-12,19H,1-4H3,(H,25,29)(H,26,30)/b24-11-. The molecule has 1 atom stereocenters. The molecule has 9 nitrogen and oxygen atoms in total. The molecule has 0 radical (unpaired) electrons. The zero-order valence-corrected chi connectivity index (χ0v) is 19.4. The minimum atomic E-state index is -0.892. The van der Waals surface area contributed by atoms with Crippen LogP contribution < -0.4 is 15.6 Å². The van der Waals surface area contributed by atoms with Crippen molar-refractivity contribution in [1.82, 2.24) is 10.7 Å². The first-order valence-corrected chi connectivity index (χ1v) is 10.3. The van der Waals surface area contributed by atoms with Crippen LogP contribution in [0.4, 0.5) is 11.4 Å². The van der Waals surface area contributed by atoms with E-state index in [0.717, 1.165) is 0 Å². The molecule has 0 bridgehead atoms. The average molecular weight is 480 g/mol. The van der Waals surface area contributed by atoms with Crippen molar-refractivity contribution in [1.29, 1.82) is 0 Å². The van der Waals surface area contributed by atoms with Gasteiger partial charge in [0.05, 0.1) is 21.7 Å². The molecule has 0 aliphatic heterocycles. The minimum Gasteiger partial charge on any atom is -0.372 e. The van der Waals surface area contributed by atoms with Gasteiger partial charge in [-0.05, 0) is 30.2 Å². The van der Waals surface area contributed by atoms with E-state index in [1.165, 1.54) is 30.5 Å². The van der Waals surface area contributed by atoms with E-state index < -0.39 is 22.8 Å². The Bertz CT molecular complexity index is 1060. The molecule has 0 saturated heterocycles. The monoisotopic (exact) mass is 479 g/mol. The Morgan fingerprint density at radius 2 is 1.84 bits per heavy atom. The van der Waals surface area contributed by atoms with E-state index >= 15 is 0 Å². The SMILES string of the molecule is CC(C)C(NC(=O)c1ccc(Cl)cc1Cl)C(=O)N/N=C\c1ccc(N(C)C)c([N+](=O)[O-])c1. The Hall–Kier alpha value is -3.17. The largest absolute Gasteiger partial charge is 0.372 e. The molecule has 0 aliphatic rings. The normalized spacial score (nSPS) is 12.0. The lowest BCUT2D eigenvalue weighted by atomic mass is 10.0. The Morgan fingerprint density at radius 3 is 2.41 bits per heavy atom. The quantitative estimate of drug-likeness (QED) is 0.338. The van der Waals surface area contributed by atoms with Gasteiger partial charge in [-0.2, -0.15) is 5.10 Å². The lowest BCUT2D eigenvalue weighted by Gasteiger charge is -2.20. The highest BCUT2D eigenvalue weighted by atomic mass is 35.5. The maximum absolute atomic E-state index is 12.6. The summed E-state index contributed by atoms with van der Waals surface area (Å²) in [6.45, 7) is 3.53. The van der Waals surface area contributed by atoms with Crippen LogP contribution in [0.5, 0.6) is 0 Å². The van der Waals surface area contributed by atoms with Gasteiger partial charge >= 0.3 is 0 Å². The second kappa shape index (κ2) is 10.9. The number of carbonyl (C=O) groups excluding carboxylic acids is 2. The molecule has 170 valence electrons. The van der Waals surface area contributed by atoms with Crippen LogP contribution in [-0.2, 0) is 4.79 Å². The number of nitrogens with zero attached hydrogens (tertiary/aromatic N) is 3. The smallest absolute Gasteiger partial charge is 0.293 e. The fraction of sp³-hybridized carbons (Fsp3) is 0.286. The van der Waals surface area contributed by atoms with Gasteiger partial charge in [-0.3, -0.25) is 19.7 Å². The van der Waals surface area contributed by atoms with Crippen LogP contribution >= 0.6 is 23.2 Å². The number of carbonyl (C=O) groups is 2. The van der Waals surface area contributed by atoms with Crippen LogP contribution in [0.3, 0.4) is 0 Å². The van der Waals surface area contributed by atoms with Crippen molar-refractivity contribution in [2.24, 2.45) is 11.0 Å². The molecule has 32 heavy (non-hydrogen) atoms. The minimum absolute atomic E-state index is 0.0857. The van der Waals surface area contributed by atoms with E-state index in [1.54, 1.807) is 45.0 Å². The highest BCUT2D eigenvalue weighted by molar-refractivity contribution is 6.36. The van der Waals surface area contributed by atoms with Gasteiger partial charge in [0.1, 0.15) is 11.7 Å². The number of hydrogen-bond donors (Lipinski definition) is 2. The van der Waals surface area contributed by atoms with E-state index in [4.69, 9.17) is 23.2 Å². The first-order chi connectivity index (χ1) is 15.0. The van der Waals surface area contributed by atoms with Crippen LogP contribution in [0.15, 0.2) is 41.5 Å². The molecular weight excluding hydrogens is 457 g/mol. The van der Waals surface area contributed by atoms with Crippen molar-refractivity contribution in [3.63, 3.8) is 0 Å². The summed E-state index contributed by atoms with van der Waals surface area (Å²) in [5.41, 5.74) is 3.34. The molecule has 0 fully saturated rings. The number of rotatable bonds is 8. The van der Waals surface area contributed by atoms with Gasteiger partial charge in [-0.1, -0.05) is 43.1 Å². The lowest BCUT2D eigenvalue weighted by molar-refractivity contribution is -0.384. The summed E-state index contributed by atoms with van der Waals surface area (Å²) in [5, 5.41) is 18.4. The molecule has 0 aromatic heterocycles. The van der Waals surface area contributed by atoms with E-state index in [0.29, 0.717) is 16.3 Å². The molecule has 2 aromatic carbocycles. The fourth-order valence-electron chi connectivity index (χ4n) is 2.81. The van der Waals surface area contributed by atoms with E-state index in [2.05, 4.69) is 15.8 Å². The number of benzene rings is 2. The number of halogens is 2. The van der Waals surface area contributed by atoms with Gasteiger partial charge in [-0.25, -0.2) is 5.43 Å². The van der Waals surface area contributed by atoms with Crippen LogP contribution in [0.1, 0.15) is 29.8 Å². The number of nitro benzene ring substituents is 1. The molecule has 11 heteroatoms. The van der Waals surface area contributed by atoms with Crippen molar-refractivity contribution >= 4 is 52.6 Å². The third-order valence-corrected chi connectivity index (χ3v) is 5.03. The predicted molar refractivity (Wildman–Crippen MR) is 126 cm³/mol. The van der Waals surface area contributed by atoms with Crippen molar-refractivity contribution in [2.75, 3.05) is 19.0 Å². The first kappa shape index (κ1) is 25.1. The lowest BCUT2D eigenvalue weighted by Crippen LogP contribution is -2.48. The number of hydrogen-bond acceptors (Lipinski definition) is 6. The predicted octanol–water partition coefficient (Wildman–Crippen LogP) is 3.87. The number of nitro groups is 1. The summed E-state index contributed by atoms with van der Waals surface area (Å²) < 4.78 is 0. The zero-order valence-electron chi connectivity index (χ0n) is 17.9. The Kier molecular flexibility index (Phi) is 8.56. The molecular formula is C21H23Cl2N5O4. The topological polar surface area (TPSA) is 117 Å². The molecule has 2 rings (SSSR count). The van der Waals surface area contributed by atoms with Crippen molar-refractivity contribution in [3.8, 4) is 0 Å². The molecule has 0 spiro atoms. The van der Waals surface area contributed by atoms with E-state index in [-0.39, 0.29) is 22.2 Å². The molecule has 0 saturated carbocycles. The van der Waals surface area contributed by atoms with Gasteiger partial charge in [0.15, 0.2) is 0 Å². The zero-order chi connectivity index (χ0) is 24.0. The third-order valence-electron chi connectivity index (χ3n) is 4.48. The maximum Gasteiger partial charge on any atom is 0.293 e. The number of nitrogens with one attached hydrogen (secondary N) is 2. The highest BCUT2D eigenvalue weighted by Crippen LogP contribution is 2.27. The second-order valence-corrected chi connectivity index (χ2v) is 8.30. The third kappa shape index (κ3) is 6.41. The molecule has 0 aliphatic carbocycles. The summed E-state index contributed by atoms with van der Waals surface area (Å²) in [6.07, 6.45) is 1.29. The van der Waals surface area contributed by atoms with Gasteiger partial charge in [0.2, 0.25) is 0 Å². The molecule has 1 unspecified atom stereocenters. The summed E-state index contributed by atoms with van der Waals surface area (Å²) in [6, 6.07) is 8.13.